The number of anilines is 4. The fourth-order valence-corrected chi connectivity index (χ4v) is 4.68. The molecule has 2 aromatic carbocycles. The lowest BCUT2D eigenvalue weighted by Crippen LogP contribution is -2.13. The molecule has 0 aliphatic rings. The van der Waals surface area contributed by atoms with Gasteiger partial charge in [-0.2, -0.15) is 0 Å². The Labute approximate surface area is 194 Å². The van der Waals surface area contributed by atoms with Crippen LogP contribution in [0, 0.1) is 0 Å². The van der Waals surface area contributed by atoms with Crippen LogP contribution < -0.4 is 27.5 Å². The van der Waals surface area contributed by atoms with Gasteiger partial charge in [-0.3, -0.25) is 14.4 Å². The third-order valence-corrected chi connectivity index (χ3v) is 6.58. The lowest BCUT2D eigenvalue weighted by molar-refractivity contribution is 0.101. The topological polar surface area (TPSA) is 140 Å². The summed E-state index contributed by atoms with van der Waals surface area (Å²) in [7, 11) is 0. The first-order chi connectivity index (χ1) is 15.9. The fourth-order valence-electron chi connectivity index (χ4n) is 3.34. The minimum absolute atomic E-state index is 0.270. The molecule has 0 unspecified atom stereocenters. The molecule has 5 rings (SSSR count). The van der Waals surface area contributed by atoms with Crippen LogP contribution in [0.5, 0.6) is 0 Å². The van der Waals surface area contributed by atoms with Gasteiger partial charge in [0.15, 0.2) is 0 Å². The minimum atomic E-state index is -0.362. The van der Waals surface area contributed by atoms with E-state index in [0.717, 1.165) is 0 Å². The highest BCUT2D eigenvalue weighted by Crippen LogP contribution is 2.26. The Morgan fingerprint density at radius 1 is 0.697 bits per heavy atom. The van der Waals surface area contributed by atoms with Crippen molar-refractivity contribution in [1.29, 1.82) is 0 Å². The van der Waals surface area contributed by atoms with Crippen LogP contribution in [0.1, 0.15) is 20.7 Å². The third kappa shape index (κ3) is 4.04. The van der Waals surface area contributed by atoms with Crippen LogP contribution in [-0.4, -0.2) is 11.8 Å². The Morgan fingerprint density at radius 3 is 1.85 bits per heavy atom. The number of amides is 2. The molecule has 6 N–H and O–H groups in total. The molecule has 0 atom stereocenters. The largest absolute Gasteiger partial charge is 0.456 e. The van der Waals surface area contributed by atoms with Crippen molar-refractivity contribution in [2.24, 2.45) is 0 Å². The number of carbonyl (C=O) groups excluding carboxylic acids is 2. The number of benzene rings is 2. The molecular formula is C23H16N4O4S2. The van der Waals surface area contributed by atoms with E-state index in [0.29, 0.717) is 42.1 Å². The van der Waals surface area contributed by atoms with Gasteiger partial charge < -0.3 is 26.5 Å². The molecule has 0 bridgehead atoms. The summed E-state index contributed by atoms with van der Waals surface area (Å²) in [6, 6.07) is 16.1. The van der Waals surface area contributed by atoms with E-state index < -0.39 is 0 Å². The van der Waals surface area contributed by atoms with E-state index in [1.165, 1.54) is 34.8 Å². The summed E-state index contributed by atoms with van der Waals surface area (Å²) in [5, 5.41) is 8.51. The lowest BCUT2D eigenvalue weighted by Gasteiger charge is -2.07. The van der Waals surface area contributed by atoms with Crippen molar-refractivity contribution >= 4 is 76.4 Å². The average Bonchev–Trinajstić information content (AvgIpc) is 3.40. The van der Waals surface area contributed by atoms with Gasteiger partial charge in [-0.05, 0) is 60.7 Å². The molecule has 0 aliphatic carbocycles. The second-order valence-electron chi connectivity index (χ2n) is 7.17. The normalized spacial score (nSPS) is 11.0. The van der Waals surface area contributed by atoms with Gasteiger partial charge in [-0.25, -0.2) is 0 Å². The van der Waals surface area contributed by atoms with Gasteiger partial charge in [-0.15, -0.1) is 22.7 Å². The number of nitrogens with one attached hydrogen (secondary N) is 2. The molecule has 3 heterocycles. The Morgan fingerprint density at radius 2 is 1.27 bits per heavy atom. The van der Waals surface area contributed by atoms with Crippen molar-refractivity contribution in [2.75, 3.05) is 22.1 Å². The van der Waals surface area contributed by atoms with Crippen molar-refractivity contribution < 1.29 is 14.0 Å². The van der Waals surface area contributed by atoms with Crippen molar-refractivity contribution in [3.63, 3.8) is 0 Å². The summed E-state index contributed by atoms with van der Waals surface area (Å²) in [5.41, 5.74) is 12.3. The number of rotatable bonds is 4. The van der Waals surface area contributed by atoms with Crippen LogP contribution in [-0.2, 0) is 0 Å². The first kappa shape index (κ1) is 20.7. The maximum atomic E-state index is 13.1. The molecular weight excluding hydrogens is 460 g/mol. The number of hydrogen-bond donors (Lipinski definition) is 4. The quantitative estimate of drug-likeness (QED) is 0.276. The molecule has 0 radical (unpaired) electrons. The molecule has 5 aromatic rings. The lowest BCUT2D eigenvalue weighted by atomic mass is 10.1. The van der Waals surface area contributed by atoms with Gasteiger partial charge in [-0.1, -0.05) is 0 Å². The molecule has 164 valence electrons. The van der Waals surface area contributed by atoms with Crippen molar-refractivity contribution in [1.82, 2.24) is 0 Å². The standard InChI is InChI=1S/C23H16N4O4S2/c24-17-5-7-19(32-17)26-22(29)11-2-4-15-14(9-11)21(28)13-3-1-12(10-16(13)31-15)23(30)27-20-8-6-18(25)33-20/h1-10H,24-25H2,(H,26,29)(H,27,30). The van der Waals surface area contributed by atoms with E-state index in [1.54, 1.807) is 48.5 Å². The second-order valence-corrected chi connectivity index (χ2v) is 9.40. The average molecular weight is 477 g/mol. The zero-order chi connectivity index (χ0) is 23.1. The van der Waals surface area contributed by atoms with Crippen LogP contribution in [0.3, 0.4) is 0 Å². The van der Waals surface area contributed by atoms with E-state index in [4.69, 9.17) is 15.9 Å². The van der Waals surface area contributed by atoms with Gasteiger partial charge in [0.1, 0.15) is 11.2 Å². The molecule has 2 amide bonds. The summed E-state index contributed by atoms with van der Waals surface area (Å²) >= 11 is 2.51. The molecule has 10 heteroatoms. The molecule has 33 heavy (non-hydrogen) atoms. The third-order valence-electron chi connectivity index (χ3n) is 4.92. The van der Waals surface area contributed by atoms with Gasteiger partial charge in [0.05, 0.1) is 30.8 Å². The molecule has 0 fully saturated rings. The Kier molecular flexibility index (Phi) is 5.08. The van der Waals surface area contributed by atoms with Crippen LogP contribution in [0.2, 0.25) is 0 Å². The Bertz CT molecular complexity index is 1620. The van der Waals surface area contributed by atoms with Crippen molar-refractivity contribution in [3.8, 4) is 0 Å². The monoisotopic (exact) mass is 476 g/mol. The molecule has 8 nitrogen and oxygen atoms in total. The van der Waals surface area contributed by atoms with E-state index in [-0.39, 0.29) is 28.2 Å². The fraction of sp³-hybridized carbons (Fsp3) is 0. The minimum Gasteiger partial charge on any atom is -0.456 e. The Balaban J connectivity index is 1.48. The van der Waals surface area contributed by atoms with Crippen molar-refractivity contribution in [3.05, 3.63) is 82.0 Å². The van der Waals surface area contributed by atoms with Crippen LogP contribution in [0.15, 0.2) is 69.9 Å². The number of nitrogen functional groups attached to an aromatic ring is 2. The number of carbonyl (C=O) groups is 2. The van der Waals surface area contributed by atoms with Crippen LogP contribution in [0.4, 0.5) is 20.0 Å². The van der Waals surface area contributed by atoms with Crippen LogP contribution in [0.25, 0.3) is 21.9 Å². The summed E-state index contributed by atoms with van der Waals surface area (Å²) in [5.74, 6) is -0.706. The maximum absolute atomic E-state index is 13.1. The number of nitrogens with two attached hydrogens (primary N) is 2. The van der Waals surface area contributed by atoms with Crippen LogP contribution >= 0.6 is 22.7 Å². The number of hydrogen-bond acceptors (Lipinski definition) is 8. The zero-order valence-electron chi connectivity index (χ0n) is 16.9. The summed E-state index contributed by atoms with van der Waals surface area (Å²) in [4.78, 5) is 38.2. The van der Waals surface area contributed by atoms with E-state index >= 15 is 0 Å². The molecule has 0 saturated carbocycles. The second kappa shape index (κ2) is 8.08. The smallest absolute Gasteiger partial charge is 0.256 e. The first-order valence-electron chi connectivity index (χ1n) is 9.71. The van der Waals surface area contributed by atoms with Gasteiger partial charge in [0.25, 0.3) is 11.8 Å². The molecule has 0 aliphatic heterocycles. The Hall–Kier alpha value is -4.15. The van der Waals surface area contributed by atoms with E-state index in [1.807, 2.05) is 0 Å². The van der Waals surface area contributed by atoms with E-state index in [2.05, 4.69) is 10.6 Å². The van der Waals surface area contributed by atoms with Gasteiger partial charge in [0, 0.05) is 11.1 Å². The summed E-state index contributed by atoms with van der Waals surface area (Å²) in [6.07, 6.45) is 0. The summed E-state index contributed by atoms with van der Waals surface area (Å²) in [6.45, 7) is 0. The highest BCUT2D eigenvalue weighted by molar-refractivity contribution is 7.20. The highest BCUT2D eigenvalue weighted by Gasteiger charge is 2.15. The molecule has 0 spiro atoms. The summed E-state index contributed by atoms with van der Waals surface area (Å²) < 4.78 is 5.88. The van der Waals surface area contributed by atoms with E-state index in [9.17, 15) is 14.4 Å². The first-order valence-corrected chi connectivity index (χ1v) is 11.3. The molecule has 0 saturated heterocycles. The predicted octanol–water partition coefficient (Wildman–Crippen LogP) is 4.74. The SMILES string of the molecule is Nc1ccc(NC(=O)c2ccc3c(=O)c4cc(C(=O)Nc5ccc(N)s5)ccc4oc3c2)s1. The van der Waals surface area contributed by atoms with Gasteiger partial charge in [0.2, 0.25) is 5.43 Å². The highest BCUT2D eigenvalue weighted by atomic mass is 32.1. The predicted molar refractivity (Wildman–Crippen MR) is 133 cm³/mol. The number of fused-ring (bicyclic) bond motifs is 2. The zero-order valence-corrected chi connectivity index (χ0v) is 18.5. The maximum Gasteiger partial charge on any atom is 0.256 e. The van der Waals surface area contributed by atoms with Gasteiger partial charge >= 0.3 is 0 Å². The number of thiophene rings is 2. The molecule has 3 aromatic heterocycles. The van der Waals surface area contributed by atoms with Crippen molar-refractivity contribution in [2.45, 2.75) is 0 Å².